The number of likely N-dealkylation sites (tertiary alicyclic amines) is 1. The number of esters is 1. The number of carbonyl (C=O) groups is 4. The molecule has 3 rings (SSSR count). The number of nitrogens with zero attached hydrogens (tertiary/aromatic N) is 1. The summed E-state index contributed by atoms with van der Waals surface area (Å²) in [5, 5.41) is 2.80. The van der Waals surface area contributed by atoms with Crippen molar-refractivity contribution in [2.75, 3.05) is 18.5 Å². The molecule has 2 fully saturated rings. The number of aryl methyl sites for hydroxylation is 1. The second-order valence-corrected chi connectivity index (χ2v) is 8.16. The second-order valence-electron chi connectivity index (χ2n) is 8.16. The number of fused-ring (bicyclic) bond motifs is 1. The van der Waals surface area contributed by atoms with Gasteiger partial charge >= 0.3 is 5.97 Å². The van der Waals surface area contributed by atoms with Crippen molar-refractivity contribution in [3.8, 4) is 0 Å². The SMILES string of the molecule is Cc1cccc(C(C)C)c1NC(=O)COC(=O)CN1C(=O)[C@H]2CCCC[C@H]2C1=O. The molecular formula is C22H28N2O5. The highest BCUT2D eigenvalue weighted by molar-refractivity contribution is 6.07. The van der Waals surface area contributed by atoms with Gasteiger partial charge in [-0.1, -0.05) is 44.9 Å². The number of imide groups is 1. The Morgan fingerprint density at radius 1 is 1.14 bits per heavy atom. The molecule has 7 heteroatoms. The largest absolute Gasteiger partial charge is 0.454 e. The molecule has 0 unspecified atom stereocenters. The zero-order valence-electron chi connectivity index (χ0n) is 17.2. The van der Waals surface area contributed by atoms with Crippen molar-refractivity contribution in [2.24, 2.45) is 11.8 Å². The Hall–Kier alpha value is -2.70. The monoisotopic (exact) mass is 400 g/mol. The number of carbonyl (C=O) groups excluding carboxylic acids is 4. The van der Waals surface area contributed by atoms with Crippen LogP contribution in [0.15, 0.2) is 18.2 Å². The standard InChI is InChI=1S/C22H28N2O5/c1-13(2)15-10-6-7-14(3)20(15)23-18(25)12-29-19(26)11-24-21(27)16-8-4-5-9-17(16)22(24)28/h6-7,10,13,16-17H,4-5,8-9,11-12H2,1-3H3,(H,23,25)/t16-,17+. The average molecular weight is 400 g/mol. The highest BCUT2D eigenvalue weighted by atomic mass is 16.5. The molecule has 1 aromatic rings. The van der Waals surface area contributed by atoms with Crippen molar-refractivity contribution in [1.29, 1.82) is 0 Å². The van der Waals surface area contributed by atoms with Crippen LogP contribution in [0.4, 0.5) is 5.69 Å². The first kappa shape index (κ1) is 21.0. The van der Waals surface area contributed by atoms with Crippen LogP contribution >= 0.6 is 0 Å². The van der Waals surface area contributed by atoms with Gasteiger partial charge < -0.3 is 10.1 Å². The minimum Gasteiger partial charge on any atom is -0.454 e. The number of benzene rings is 1. The van der Waals surface area contributed by atoms with Crippen LogP contribution in [0.25, 0.3) is 0 Å². The lowest BCUT2D eigenvalue weighted by atomic mass is 9.81. The summed E-state index contributed by atoms with van der Waals surface area (Å²) in [6.07, 6.45) is 3.24. The molecule has 0 bridgehead atoms. The maximum absolute atomic E-state index is 12.4. The van der Waals surface area contributed by atoms with Crippen LogP contribution in [0.1, 0.15) is 56.6 Å². The van der Waals surface area contributed by atoms with Gasteiger partial charge in [-0.25, -0.2) is 0 Å². The second kappa shape index (κ2) is 8.76. The first-order chi connectivity index (χ1) is 13.8. The lowest BCUT2D eigenvalue weighted by Crippen LogP contribution is -2.37. The van der Waals surface area contributed by atoms with Gasteiger partial charge in [0.25, 0.3) is 5.91 Å². The van der Waals surface area contributed by atoms with Gasteiger partial charge in [0, 0.05) is 5.69 Å². The van der Waals surface area contributed by atoms with E-state index in [2.05, 4.69) is 5.32 Å². The molecule has 1 aromatic carbocycles. The zero-order valence-corrected chi connectivity index (χ0v) is 17.2. The summed E-state index contributed by atoms with van der Waals surface area (Å²) in [6.45, 7) is 5.07. The summed E-state index contributed by atoms with van der Waals surface area (Å²) in [6, 6.07) is 5.78. The summed E-state index contributed by atoms with van der Waals surface area (Å²) < 4.78 is 5.03. The van der Waals surface area contributed by atoms with E-state index < -0.39 is 25.0 Å². The smallest absolute Gasteiger partial charge is 0.326 e. The molecule has 2 atom stereocenters. The summed E-state index contributed by atoms with van der Waals surface area (Å²) in [5.41, 5.74) is 2.64. The number of rotatable bonds is 6. The predicted molar refractivity (Wildman–Crippen MR) is 107 cm³/mol. The van der Waals surface area contributed by atoms with E-state index in [9.17, 15) is 19.2 Å². The number of hydrogen-bond donors (Lipinski definition) is 1. The Morgan fingerprint density at radius 2 is 1.76 bits per heavy atom. The van der Waals surface area contributed by atoms with Gasteiger partial charge in [0.1, 0.15) is 6.54 Å². The average Bonchev–Trinajstić information content (AvgIpc) is 2.93. The van der Waals surface area contributed by atoms with Crippen LogP contribution in [0.2, 0.25) is 0 Å². The maximum atomic E-state index is 12.4. The third-order valence-electron chi connectivity index (χ3n) is 5.78. The van der Waals surface area contributed by atoms with Gasteiger partial charge in [0.2, 0.25) is 11.8 Å². The number of nitrogens with one attached hydrogen (secondary N) is 1. The first-order valence-corrected chi connectivity index (χ1v) is 10.2. The number of anilines is 1. The molecule has 1 heterocycles. The molecular weight excluding hydrogens is 372 g/mol. The van der Waals surface area contributed by atoms with Gasteiger partial charge in [-0.3, -0.25) is 24.1 Å². The third-order valence-corrected chi connectivity index (χ3v) is 5.78. The van der Waals surface area contributed by atoms with E-state index in [0.717, 1.165) is 34.6 Å². The number of ether oxygens (including phenoxy) is 1. The quantitative estimate of drug-likeness (QED) is 0.585. The fourth-order valence-electron chi connectivity index (χ4n) is 4.23. The van der Waals surface area contributed by atoms with Crippen LogP contribution in [0, 0.1) is 18.8 Å². The van der Waals surface area contributed by atoms with Crippen LogP contribution < -0.4 is 5.32 Å². The summed E-state index contributed by atoms with van der Waals surface area (Å²) >= 11 is 0. The Balaban J connectivity index is 1.54. The topological polar surface area (TPSA) is 92.8 Å². The molecule has 2 aliphatic rings. The summed E-state index contributed by atoms with van der Waals surface area (Å²) in [4.78, 5) is 50.3. The zero-order chi connectivity index (χ0) is 21.1. The normalized spacial score (nSPS) is 21.3. The van der Waals surface area contributed by atoms with Crippen molar-refractivity contribution >= 4 is 29.4 Å². The lowest BCUT2D eigenvalue weighted by molar-refractivity contribution is -0.154. The van der Waals surface area contributed by atoms with E-state index in [4.69, 9.17) is 4.74 Å². The predicted octanol–water partition coefficient (Wildman–Crippen LogP) is 2.78. The highest BCUT2D eigenvalue weighted by Gasteiger charge is 2.48. The van der Waals surface area contributed by atoms with Crippen LogP contribution in [-0.2, 0) is 23.9 Å². The van der Waals surface area contributed by atoms with Gasteiger partial charge in [0.15, 0.2) is 6.61 Å². The molecule has 1 saturated carbocycles. The minimum atomic E-state index is -0.755. The molecule has 29 heavy (non-hydrogen) atoms. The molecule has 0 spiro atoms. The molecule has 0 radical (unpaired) electrons. The van der Waals surface area contributed by atoms with Crippen molar-refractivity contribution in [3.05, 3.63) is 29.3 Å². The van der Waals surface area contributed by atoms with Crippen molar-refractivity contribution in [1.82, 2.24) is 4.90 Å². The third kappa shape index (κ3) is 4.49. The molecule has 1 aliphatic heterocycles. The van der Waals surface area contributed by atoms with E-state index in [1.807, 2.05) is 39.0 Å². The minimum absolute atomic E-state index is 0.225. The van der Waals surface area contributed by atoms with E-state index in [1.54, 1.807) is 0 Å². The van der Waals surface area contributed by atoms with Crippen LogP contribution in [0.5, 0.6) is 0 Å². The fourth-order valence-corrected chi connectivity index (χ4v) is 4.23. The fraction of sp³-hybridized carbons (Fsp3) is 0.545. The number of para-hydroxylation sites is 1. The lowest BCUT2D eigenvalue weighted by Gasteiger charge is -2.19. The van der Waals surface area contributed by atoms with Gasteiger partial charge in [-0.15, -0.1) is 0 Å². The Bertz CT molecular complexity index is 808. The van der Waals surface area contributed by atoms with E-state index in [-0.39, 0.29) is 29.6 Å². The maximum Gasteiger partial charge on any atom is 0.326 e. The summed E-state index contributed by atoms with van der Waals surface area (Å²) in [5.74, 6) is -2.17. The molecule has 7 nitrogen and oxygen atoms in total. The first-order valence-electron chi connectivity index (χ1n) is 10.2. The Kier molecular flexibility index (Phi) is 6.35. The van der Waals surface area contributed by atoms with Gasteiger partial charge in [0.05, 0.1) is 11.8 Å². The summed E-state index contributed by atoms with van der Waals surface area (Å²) in [7, 11) is 0. The van der Waals surface area contributed by atoms with Crippen molar-refractivity contribution in [3.63, 3.8) is 0 Å². The van der Waals surface area contributed by atoms with Crippen LogP contribution in [-0.4, -0.2) is 41.7 Å². The molecule has 1 N–H and O–H groups in total. The van der Waals surface area contributed by atoms with Gasteiger partial charge in [-0.2, -0.15) is 0 Å². The van der Waals surface area contributed by atoms with Crippen LogP contribution in [0.3, 0.4) is 0 Å². The molecule has 1 aliphatic carbocycles. The van der Waals surface area contributed by atoms with E-state index >= 15 is 0 Å². The van der Waals surface area contributed by atoms with Gasteiger partial charge in [-0.05, 0) is 36.8 Å². The van der Waals surface area contributed by atoms with E-state index in [1.165, 1.54) is 0 Å². The Morgan fingerprint density at radius 3 is 2.34 bits per heavy atom. The highest BCUT2D eigenvalue weighted by Crippen LogP contribution is 2.37. The number of amides is 3. The molecule has 0 aromatic heterocycles. The molecule has 3 amide bonds. The number of hydrogen-bond acceptors (Lipinski definition) is 5. The molecule has 156 valence electrons. The Labute approximate surface area is 170 Å². The van der Waals surface area contributed by atoms with Crippen molar-refractivity contribution < 1.29 is 23.9 Å². The van der Waals surface area contributed by atoms with E-state index in [0.29, 0.717) is 12.8 Å². The molecule has 1 saturated heterocycles. The van der Waals surface area contributed by atoms with Crippen molar-refractivity contribution in [2.45, 2.75) is 52.4 Å².